The molecule has 1 saturated carbocycles. The maximum Gasteiger partial charge on any atom is 0.420 e. The van der Waals surface area contributed by atoms with E-state index < -0.39 is 42.0 Å². The molecule has 36 heavy (non-hydrogen) atoms. The van der Waals surface area contributed by atoms with Crippen molar-refractivity contribution in [2.24, 2.45) is 5.92 Å². The third-order valence-corrected chi connectivity index (χ3v) is 6.79. The Morgan fingerprint density at radius 3 is 2.42 bits per heavy atom. The number of hydrogen-bond acceptors (Lipinski definition) is 4. The third-order valence-electron chi connectivity index (χ3n) is 6.79. The Bertz CT molecular complexity index is 1080. The van der Waals surface area contributed by atoms with E-state index in [-0.39, 0.29) is 43.2 Å². The van der Waals surface area contributed by atoms with Crippen LogP contribution in [-0.2, 0) is 22.3 Å². The number of carbonyl (C=O) groups is 1. The molecule has 0 amide bonds. The van der Waals surface area contributed by atoms with Crippen molar-refractivity contribution in [3.8, 4) is 5.75 Å². The highest BCUT2D eigenvalue weighted by atomic mass is 19.4. The molecule has 5 nitrogen and oxygen atoms in total. The van der Waals surface area contributed by atoms with E-state index in [1.54, 1.807) is 12.1 Å². The molecule has 198 valence electrons. The number of carboxylic acid groups (broad SMARTS) is 1. The van der Waals surface area contributed by atoms with Crippen molar-refractivity contribution in [2.45, 2.75) is 63.2 Å². The van der Waals surface area contributed by atoms with Crippen molar-refractivity contribution in [3.63, 3.8) is 0 Å². The van der Waals surface area contributed by atoms with Crippen molar-refractivity contribution in [1.82, 2.24) is 4.90 Å². The summed E-state index contributed by atoms with van der Waals surface area (Å²) in [6.07, 6.45) is -10.5. The van der Waals surface area contributed by atoms with E-state index in [9.17, 15) is 31.1 Å². The van der Waals surface area contributed by atoms with E-state index >= 15 is 0 Å². The van der Waals surface area contributed by atoms with E-state index in [4.69, 9.17) is 14.6 Å². The second-order valence-electron chi connectivity index (χ2n) is 9.45. The summed E-state index contributed by atoms with van der Waals surface area (Å²) in [5, 5.41) is 9.30. The number of halogens is 6. The lowest BCUT2D eigenvalue weighted by Gasteiger charge is -2.32. The van der Waals surface area contributed by atoms with Gasteiger partial charge in [-0.15, -0.1) is 0 Å². The SMILES string of the molecule is O=C(O)C[C@H]1CN(Cc2ccc3c(C(F)(F)F)c(OC4CCC(C(F)(F)F)CC4)ccc3c2)CCO1. The normalized spacial score (nSPS) is 24.1. The van der Waals surface area contributed by atoms with E-state index in [2.05, 4.69) is 0 Å². The van der Waals surface area contributed by atoms with Gasteiger partial charge in [0.1, 0.15) is 11.3 Å². The van der Waals surface area contributed by atoms with Gasteiger partial charge in [-0.25, -0.2) is 0 Å². The average molecular weight is 519 g/mol. The smallest absolute Gasteiger partial charge is 0.420 e. The summed E-state index contributed by atoms with van der Waals surface area (Å²) in [5.74, 6) is -2.78. The van der Waals surface area contributed by atoms with Crippen molar-refractivity contribution < 1.29 is 45.7 Å². The molecular weight excluding hydrogens is 492 g/mol. The number of benzene rings is 2. The second kappa shape index (κ2) is 10.5. The van der Waals surface area contributed by atoms with Crippen LogP contribution < -0.4 is 4.74 Å². The van der Waals surface area contributed by atoms with Crippen LogP contribution in [0.25, 0.3) is 10.8 Å². The molecule has 11 heteroatoms. The summed E-state index contributed by atoms with van der Waals surface area (Å²) in [6.45, 7) is 1.78. The van der Waals surface area contributed by atoms with Crippen LogP contribution in [0.4, 0.5) is 26.3 Å². The lowest BCUT2D eigenvalue weighted by Crippen LogP contribution is -2.42. The van der Waals surface area contributed by atoms with Crippen molar-refractivity contribution in [3.05, 3.63) is 41.5 Å². The summed E-state index contributed by atoms with van der Waals surface area (Å²) in [6, 6.07) is 7.40. The molecule has 1 heterocycles. The standard InChI is InChI=1S/C25H27F6NO4/c26-24(27,28)17-3-5-18(6-4-17)36-21-8-2-16-11-15(1-7-20(16)23(21)25(29,30)31)13-32-9-10-35-19(14-32)12-22(33)34/h1-2,7-8,11,17-19H,3-6,9-10,12-14H2,(H,33,34)/t17?,18?,19-/m0/s1. The molecule has 4 rings (SSSR count). The van der Waals surface area contributed by atoms with Gasteiger partial charge in [-0.05, 0) is 54.2 Å². The fourth-order valence-electron chi connectivity index (χ4n) is 5.04. The third kappa shape index (κ3) is 6.42. The van der Waals surface area contributed by atoms with Crippen LogP contribution in [0.5, 0.6) is 5.75 Å². The maximum atomic E-state index is 14.1. The molecule has 1 aliphatic carbocycles. The minimum absolute atomic E-state index is 0.0425. The van der Waals surface area contributed by atoms with Crippen LogP contribution in [0.15, 0.2) is 30.3 Å². The summed E-state index contributed by atoms with van der Waals surface area (Å²) in [7, 11) is 0. The number of rotatable bonds is 6. The first kappa shape index (κ1) is 26.5. The van der Waals surface area contributed by atoms with Gasteiger partial charge >= 0.3 is 18.3 Å². The first-order valence-electron chi connectivity index (χ1n) is 11.8. The lowest BCUT2D eigenvalue weighted by atomic mass is 9.87. The van der Waals surface area contributed by atoms with Gasteiger partial charge in [0, 0.05) is 19.6 Å². The topological polar surface area (TPSA) is 59.0 Å². The lowest BCUT2D eigenvalue weighted by molar-refractivity contribution is -0.185. The Morgan fingerprint density at radius 1 is 1.06 bits per heavy atom. The van der Waals surface area contributed by atoms with Gasteiger partial charge < -0.3 is 14.6 Å². The van der Waals surface area contributed by atoms with E-state index in [1.807, 2.05) is 4.90 Å². The van der Waals surface area contributed by atoms with E-state index in [0.717, 1.165) is 5.56 Å². The van der Waals surface area contributed by atoms with Crippen LogP contribution in [0.1, 0.15) is 43.2 Å². The molecule has 2 aliphatic rings. The minimum Gasteiger partial charge on any atom is -0.490 e. The van der Waals surface area contributed by atoms with Crippen LogP contribution in [0, 0.1) is 5.92 Å². The Hall–Kier alpha value is -2.53. The number of ether oxygens (including phenoxy) is 2. The summed E-state index contributed by atoms with van der Waals surface area (Å²) in [4.78, 5) is 13.0. The Balaban J connectivity index is 1.51. The zero-order valence-electron chi connectivity index (χ0n) is 19.4. The largest absolute Gasteiger partial charge is 0.490 e. The summed E-state index contributed by atoms with van der Waals surface area (Å²) in [5.41, 5.74) is -0.164. The van der Waals surface area contributed by atoms with Gasteiger partial charge in [-0.2, -0.15) is 26.3 Å². The molecule has 1 aliphatic heterocycles. The first-order valence-corrected chi connectivity index (χ1v) is 11.8. The van der Waals surface area contributed by atoms with Crippen molar-refractivity contribution in [2.75, 3.05) is 19.7 Å². The van der Waals surface area contributed by atoms with Gasteiger partial charge in [0.25, 0.3) is 0 Å². The molecular formula is C25H27F6NO4. The van der Waals surface area contributed by atoms with Gasteiger partial charge in [0.15, 0.2) is 0 Å². The van der Waals surface area contributed by atoms with Gasteiger partial charge in [0.05, 0.1) is 31.2 Å². The average Bonchev–Trinajstić information content (AvgIpc) is 2.78. The molecule has 0 spiro atoms. The zero-order chi connectivity index (χ0) is 26.1. The predicted octanol–water partition coefficient (Wildman–Crippen LogP) is 6.03. The van der Waals surface area contributed by atoms with Crippen molar-refractivity contribution >= 4 is 16.7 Å². The quantitative estimate of drug-likeness (QED) is 0.472. The van der Waals surface area contributed by atoms with Crippen molar-refractivity contribution in [1.29, 1.82) is 0 Å². The molecule has 2 aromatic carbocycles. The van der Waals surface area contributed by atoms with Crippen LogP contribution in [0.3, 0.4) is 0 Å². The van der Waals surface area contributed by atoms with Gasteiger partial charge in [0.2, 0.25) is 0 Å². The highest BCUT2D eigenvalue weighted by Crippen LogP contribution is 2.44. The first-order chi connectivity index (χ1) is 16.9. The number of morpholine rings is 1. The van der Waals surface area contributed by atoms with E-state index in [1.165, 1.54) is 18.2 Å². The number of carboxylic acids is 1. The summed E-state index contributed by atoms with van der Waals surface area (Å²) >= 11 is 0. The highest BCUT2D eigenvalue weighted by molar-refractivity contribution is 5.89. The minimum atomic E-state index is -4.71. The molecule has 0 radical (unpaired) electrons. The number of aliphatic carboxylic acids is 1. The zero-order valence-corrected chi connectivity index (χ0v) is 19.4. The Kier molecular flexibility index (Phi) is 7.70. The number of fused-ring (bicyclic) bond motifs is 1. The van der Waals surface area contributed by atoms with Crippen LogP contribution in [-0.4, -0.2) is 54.1 Å². The molecule has 1 N–H and O–H groups in total. The fraction of sp³-hybridized carbons (Fsp3) is 0.560. The molecule has 1 atom stereocenters. The van der Waals surface area contributed by atoms with Crippen LogP contribution in [0.2, 0.25) is 0 Å². The molecule has 2 aromatic rings. The predicted molar refractivity (Wildman–Crippen MR) is 119 cm³/mol. The molecule has 0 bridgehead atoms. The maximum absolute atomic E-state index is 14.1. The Labute approximate surface area is 204 Å². The number of alkyl halides is 6. The molecule has 0 unspecified atom stereocenters. The molecule has 0 aromatic heterocycles. The molecule has 1 saturated heterocycles. The Morgan fingerprint density at radius 2 is 1.78 bits per heavy atom. The van der Waals surface area contributed by atoms with Gasteiger partial charge in [-0.1, -0.05) is 18.2 Å². The number of nitrogens with zero attached hydrogens (tertiary/aromatic N) is 1. The van der Waals surface area contributed by atoms with Crippen LogP contribution >= 0.6 is 0 Å². The summed E-state index contributed by atoms with van der Waals surface area (Å²) < 4.78 is 92.1. The number of hydrogen-bond donors (Lipinski definition) is 1. The fourth-order valence-corrected chi connectivity index (χ4v) is 5.04. The van der Waals surface area contributed by atoms with E-state index in [0.29, 0.717) is 31.6 Å². The van der Waals surface area contributed by atoms with Gasteiger partial charge in [-0.3, -0.25) is 9.69 Å². The highest BCUT2D eigenvalue weighted by Gasteiger charge is 2.42. The monoisotopic (exact) mass is 519 g/mol. The molecule has 2 fully saturated rings. The second-order valence-corrected chi connectivity index (χ2v) is 9.45.